The molecule has 1 aliphatic rings. The number of para-hydroxylation sites is 1. The summed E-state index contributed by atoms with van der Waals surface area (Å²) in [5, 5.41) is 2.05. The van der Waals surface area contributed by atoms with Gasteiger partial charge in [0.25, 0.3) is 0 Å². The molecule has 1 aromatic carbocycles. The van der Waals surface area contributed by atoms with Crippen LogP contribution in [0.25, 0.3) is 0 Å². The highest BCUT2D eigenvalue weighted by Gasteiger charge is 2.26. The van der Waals surface area contributed by atoms with Gasteiger partial charge in [0.2, 0.25) is 5.91 Å². The quantitative estimate of drug-likeness (QED) is 0.845. The maximum Gasteiger partial charge on any atom is 0.223 e. The van der Waals surface area contributed by atoms with Crippen LogP contribution in [0.5, 0.6) is 5.75 Å². The molecule has 0 bridgehead atoms. The molecular weight excluding hydrogens is 294 g/mol. The van der Waals surface area contributed by atoms with E-state index >= 15 is 0 Å². The lowest BCUT2D eigenvalue weighted by atomic mass is 9.90. The van der Waals surface area contributed by atoms with Gasteiger partial charge in [-0.15, -0.1) is 11.3 Å². The fourth-order valence-corrected chi connectivity index (χ4v) is 3.74. The number of hydrogen-bond acceptors (Lipinski definition) is 3. The molecule has 0 saturated heterocycles. The SMILES string of the molecule is C[C@H](c1cccs1)N(C)C(=O)C[C@H]1CCOc2ccccc21. The van der Waals surface area contributed by atoms with Crippen LogP contribution in [-0.2, 0) is 4.79 Å². The van der Waals surface area contributed by atoms with E-state index in [-0.39, 0.29) is 17.9 Å². The minimum atomic E-state index is 0.127. The third-order valence-electron chi connectivity index (χ3n) is 4.43. The average molecular weight is 315 g/mol. The maximum atomic E-state index is 12.6. The van der Waals surface area contributed by atoms with Gasteiger partial charge in [0.15, 0.2) is 0 Å². The van der Waals surface area contributed by atoms with Crippen molar-refractivity contribution in [2.75, 3.05) is 13.7 Å². The molecule has 3 nitrogen and oxygen atoms in total. The predicted molar refractivity (Wildman–Crippen MR) is 89.4 cm³/mol. The summed E-state index contributed by atoms with van der Waals surface area (Å²) in [6.07, 6.45) is 1.45. The fraction of sp³-hybridized carbons (Fsp3) is 0.389. The first-order chi connectivity index (χ1) is 10.7. The van der Waals surface area contributed by atoms with E-state index in [1.807, 2.05) is 36.2 Å². The van der Waals surface area contributed by atoms with Gasteiger partial charge in [-0.25, -0.2) is 0 Å². The first-order valence-corrected chi connectivity index (χ1v) is 8.55. The van der Waals surface area contributed by atoms with Gasteiger partial charge in [-0.2, -0.15) is 0 Å². The zero-order valence-corrected chi connectivity index (χ0v) is 13.8. The van der Waals surface area contributed by atoms with Gasteiger partial charge in [-0.1, -0.05) is 24.3 Å². The Hall–Kier alpha value is -1.81. The molecule has 0 radical (unpaired) electrons. The first kappa shape index (κ1) is 15.1. The number of hydrogen-bond donors (Lipinski definition) is 0. The Morgan fingerprint density at radius 3 is 2.95 bits per heavy atom. The summed E-state index contributed by atoms with van der Waals surface area (Å²) in [5.74, 6) is 1.39. The van der Waals surface area contributed by atoms with E-state index in [2.05, 4.69) is 24.4 Å². The number of fused-ring (bicyclic) bond motifs is 1. The second-order valence-electron chi connectivity index (χ2n) is 5.77. The minimum Gasteiger partial charge on any atom is -0.493 e. The van der Waals surface area contributed by atoms with Gasteiger partial charge in [0, 0.05) is 18.3 Å². The second kappa shape index (κ2) is 6.53. The standard InChI is InChI=1S/C18H21NO2S/c1-13(17-8-5-11-22-17)19(2)18(20)12-14-9-10-21-16-7-4-3-6-15(14)16/h3-8,11,13-14H,9-10,12H2,1-2H3/t13-,14-/m1/s1. The molecule has 0 N–H and O–H groups in total. The van der Waals surface area contributed by atoms with Crippen molar-refractivity contribution in [3.05, 3.63) is 52.2 Å². The Labute approximate surface area is 135 Å². The van der Waals surface area contributed by atoms with Crippen LogP contribution in [0, 0.1) is 0 Å². The molecular formula is C18H21NO2S. The zero-order chi connectivity index (χ0) is 15.5. The number of carbonyl (C=O) groups is 1. The lowest BCUT2D eigenvalue weighted by Gasteiger charge is -2.29. The summed E-state index contributed by atoms with van der Waals surface area (Å²) >= 11 is 1.70. The zero-order valence-electron chi connectivity index (χ0n) is 13.0. The first-order valence-electron chi connectivity index (χ1n) is 7.67. The van der Waals surface area contributed by atoms with Crippen LogP contribution in [0.4, 0.5) is 0 Å². The maximum absolute atomic E-state index is 12.6. The van der Waals surface area contributed by atoms with E-state index in [0.29, 0.717) is 13.0 Å². The Bertz CT molecular complexity index is 638. The van der Waals surface area contributed by atoms with Crippen LogP contribution in [0.1, 0.15) is 42.2 Å². The van der Waals surface area contributed by atoms with Crippen LogP contribution in [0.3, 0.4) is 0 Å². The summed E-state index contributed by atoms with van der Waals surface area (Å²) < 4.78 is 5.68. The van der Waals surface area contributed by atoms with Crippen molar-refractivity contribution < 1.29 is 9.53 Å². The smallest absolute Gasteiger partial charge is 0.223 e. The molecule has 2 aromatic rings. The molecule has 0 unspecified atom stereocenters. The van der Waals surface area contributed by atoms with Crippen molar-refractivity contribution in [2.45, 2.75) is 31.7 Å². The van der Waals surface area contributed by atoms with Crippen molar-refractivity contribution in [1.29, 1.82) is 0 Å². The molecule has 2 heterocycles. The van der Waals surface area contributed by atoms with Gasteiger partial charge >= 0.3 is 0 Å². The number of amides is 1. The van der Waals surface area contributed by atoms with Crippen LogP contribution in [0.15, 0.2) is 41.8 Å². The summed E-state index contributed by atoms with van der Waals surface area (Å²) in [6, 6.07) is 12.3. The third kappa shape index (κ3) is 3.02. The number of rotatable bonds is 4. The van der Waals surface area contributed by atoms with Crippen molar-refractivity contribution in [1.82, 2.24) is 4.90 Å². The Morgan fingerprint density at radius 2 is 2.18 bits per heavy atom. The van der Waals surface area contributed by atoms with E-state index in [0.717, 1.165) is 12.2 Å². The summed E-state index contributed by atoms with van der Waals surface area (Å²) in [5.41, 5.74) is 1.17. The van der Waals surface area contributed by atoms with Crippen LogP contribution < -0.4 is 4.74 Å². The largest absolute Gasteiger partial charge is 0.493 e. The van der Waals surface area contributed by atoms with Gasteiger partial charge in [0.05, 0.1) is 12.6 Å². The Morgan fingerprint density at radius 1 is 1.36 bits per heavy atom. The van der Waals surface area contributed by atoms with Crippen LogP contribution in [0.2, 0.25) is 0 Å². The molecule has 1 aliphatic heterocycles. The van der Waals surface area contributed by atoms with E-state index in [1.54, 1.807) is 11.3 Å². The van der Waals surface area contributed by atoms with E-state index in [4.69, 9.17) is 4.74 Å². The van der Waals surface area contributed by atoms with Crippen molar-refractivity contribution >= 4 is 17.2 Å². The van der Waals surface area contributed by atoms with Crippen LogP contribution >= 0.6 is 11.3 Å². The molecule has 116 valence electrons. The average Bonchev–Trinajstić information content (AvgIpc) is 3.08. The van der Waals surface area contributed by atoms with Gasteiger partial charge in [-0.3, -0.25) is 4.79 Å². The van der Waals surface area contributed by atoms with E-state index < -0.39 is 0 Å². The van der Waals surface area contributed by atoms with E-state index in [1.165, 1.54) is 10.4 Å². The molecule has 3 rings (SSSR count). The highest BCUT2D eigenvalue weighted by Crippen LogP contribution is 2.36. The van der Waals surface area contributed by atoms with Crippen molar-refractivity contribution in [3.8, 4) is 5.75 Å². The van der Waals surface area contributed by atoms with Crippen molar-refractivity contribution in [3.63, 3.8) is 0 Å². The normalized spacial score (nSPS) is 18.2. The van der Waals surface area contributed by atoms with E-state index in [9.17, 15) is 4.79 Å². The molecule has 0 spiro atoms. The monoisotopic (exact) mass is 315 g/mol. The molecule has 1 amide bonds. The number of ether oxygens (including phenoxy) is 1. The molecule has 4 heteroatoms. The molecule has 0 fully saturated rings. The lowest BCUT2D eigenvalue weighted by molar-refractivity contribution is -0.132. The summed E-state index contributed by atoms with van der Waals surface area (Å²) in [6.45, 7) is 2.78. The number of nitrogens with zero attached hydrogens (tertiary/aromatic N) is 1. The number of carbonyl (C=O) groups excluding carboxylic acids is 1. The van der Waals surface area contributed by atoms with Crippen LogP contribution in [-0.4, -0.2) is 24.5 Å². The molecule has 2 atom stereocenters. The lowest BCUT2D eigenvalue weighted by Crippen LogP contribution is -2.31. The van der Waals surface area contributed by atoms with Gasteiger partial charge in [-0.05, 0) is 42.3 Å². The highest BCUT2D eigenvalue weighted by molar-refractivity contribution is 7.10. The Kier molecular flexibility index (Phi) is 4.48. The predicted octanol–water partition coefficient (Wildman–Crippen LogP) is 4.22. The topological polar surface area (TPSA) is 29.5 Å². The molecule has 22 heavy (non-hydrogen) atoms. The summed E-state index contributed by atoms with van der Waals surface area (Å²) in [4.78, 5) is 15.7. The van der Waals surface area contributed by atoms with Gasteiger partial charge < -0.3 is 9.64 Å². The number of thiophene rings is 1. The highest BCUT2D eigenvalue weighted by atomic mass is 32.1. The number of benzene rings is 1. The summed E-state index contributed by atoms with van der Waals surface area (Å²) in [7, 11) is 1.90. The molecule has 0 aliphatic carbocycles. The molecule has 0 saturated carbocycles. The fourth-order valence-electron chi connectivity index (χ4n) is 2.92. The van der Waals surface area contributed by atoms with Crippen molar-refractivity contribution in [2.24, 2.45) is 0 Å². The Balaban J connectivity index is 1.70. The minimum absolute atomic E-state index is 0.127. The molecule has 1 aromatic heterocycles. The van der Waals surface area contributed by atoms with Gasteiger partial charge in [0.1, 0.15) is 5.75 Å². The third-order valence-corrected chi connectivity index (χ3v) is 5.48. The second-order valence-corrected chi connectivity index (χ2v) is 6.75.